The monoisotopic (exact) mass is 281 g/mol. The molecule has 2 saturated heterocycles. The van der Waals surface area contributed by atoms with Crippen LogP contribution in [0.2, 0.25) is 0 Å². The fourth-order valence-corrected chi connectivity index (χ4v) is 3.91. The number of nitrogens with zero attached hydrogens (tertiary/aromatic N) is 2. The van der Waals surface area contributed by atoms with E-state index in [1.54, 1.807) is 0 Å². The van der Waals surface area contributed by atoms with Gasteiger partial charge in [-0.25, -0.2) is 0 Å². The van der Waals surface area contributed by atoms with Crippen molar-refractivity contribution in [2.45, 2.75) is 52.0 Å². The van der Waals surface area contributed by atoms with Gasteiger partial charge in [-0.3, -0.25) is 0 Å². The van der Waals surface area contributed by atoms with E-state index in [-0.39, 0.29) is 0 Å². The highest BCUT2D eigenvalue weighted by Gasteiger charge is 2.33. The fourth-order valence-electron chi connectivity index (χ4n) is 3.91. The highest BCUT2D eigenvalue weighted by atomic mass is 15.2. The fraction of sp³-hybridized carbons (Fsp3) is 1.00. The average molecular weight is 281 g/mol. The Balaban J connectivity index is 1.56. The second-order valence-corrected chi connectivity index (χ2v) is 7.34. The largest absolute Gasteiger partial charge is 0.316 e. The van der Waals surface area contributed by atoms with E-state index in [0.717, 1.165) is 17.9 Å². The first kappa shape index (κ1) is 16.3. The molecule has 0 aliphatic carbocycles. The van der Waals surface area contributed by atoms with Crippen LogP contribution in [-0.4, -0.2) is 62.2 Å². The van der Waals surface area contributed by atoms with E-state index in [1.165, 1.54) is 71.4 Å². The van der Waals surface area contributed by atoms with E-state index >= 15 is 0 Å². The Morgan fingerprint density at radius 2 is 2.00 bits per heavy atom. The first-order valence-corrected chi connectivity index (χ1v) is 8.80. The van der Waals surface area contributed by atoms with E-state index in [0.29, 0.717) is 0 Å². The summed E-state index contributed by atoms with van der Waals surface area (Å²) in [5.41, 5.74) is 0. The SMILES string of the molecule is CC(C)CNCCCCN1CCC2C(CCCN2C)C1. The molecule has 0 radical (unpaired) electrons. The number of nitrogens with one attached hydrogen (secondary N) is 1. The standard InChI is InChI=1S/C17H35N3/c1-15(2)13-18-9-4-5-11-20-12-8-17-16(14-20)7-6-10-19(17)3/h15-18H,4-14H2,1-3H3. The maximum absolute atomic E-state index is 3.55. The van der Waals surface area contributed by atoms with E-state index in [4.69, 9.17) is 0 Å². The molecule has 20 heavy (non-hydrogen) atoms. The zero-order chi connectivity index (χ0) is 14.4. The van der Waals surface area contributed by atoms with E-state index in [1.807, 2.05) is 0 Å². The molecule has 2 atom stereocenters. The van der Waals surface area contributed by atoms with Crippen molar-refractivity contribution in [3.8, 4) is 0 Å². The lowest BCUT2D eigenvalue weighted by Crippen LogP contribution is -2.52. The predicted octanol–water partition coefficient (Wildman–Crippen LogP) is 2.43. The second-order valence-electron chi connectivity index (χ2n) is 7.34. The summed E-state index contributed by atoms with van der Waals surface area (Å²) in [4.78, 5) is 5.34. The third-order valence-electron chi connectivity index (χ3n) is 5.06. The summed E-state index contributed by atoms with van der Waals surface area (Å²) < 4.78 is 0. The Labute approximate surface area is 126 Å². The molecule has 0 aromatic heterocycles. The quantitative estimate of drug-likeness (QED) is 0.723. The lowest BCUT2D eigenvalue weighted by Gasteiger charge is -2.46. The summed E-state index contributed by atoms with van der Waals surface area (Å²) in [6, 6.07) is 0.882. The minimum Gasteiger partial charge on any atom is -0.316 e. The maximum Gasteiger partial charge on any atom is 0.0145 e. The van der Waals surface area contributed by atoms with Gasteiger partial charge in [0, 0.05) is 12.6 Å². The number of hydrogen-bond donors (Lipinski definition) is 1. The minimum atomic E-state index is 0.775. The zero-order valence-electron chi connectivity index (χ0n) is 13.9. The Morgan fingerprint density at radius 3 is 2.80 bits per heavy atom. The second kappa shape index (κ2) is 8.35. The number of fused-ring (bicyclic) bond motifs is 1. The van der Waals surface area contributed by atoms with Gasteiger partial charge >= 0.3 is 0 Å². The van der Waals surface area contributed by atoms with Crippen molar-refractivity contribution in [2.75, 3.05) is 46.3 Å². The summed E-state index contributed by atoms with van der Waals surface area (Å²) in [6.07, 6.45) is 6.95. The summed E-state index contributed by atoms with van der Waals surface area (Å²) in [5, 5.41) is 3.55. The van der Waals surface area contributed by atoms with Gasteiger partial charge < -0.3 is 15.1 Å². The third kappa shape index (κ3) is 5.01. The van der Waals surface area contributed by atoms with Crippen LogP contribution in [0.25, 0.3) is 0 Å². The maximum atomic E-state index is 3.55. The number of unbranched alkanes of at least 4 members (excludes halogenated alkanes) is 1. The summed E-state index contributed by atoms with van der Waals surface area (Å²) in [5.74, 6) is 1.72. The van der Waals surface area contributed by atoms with Gasteiger partial charge in [-0.1, -0.05) is 13.8 Å². The summed E-state index contributed by atoms with van der Waals surface area (Å²) in [7, 11) is 2.33. The first-order valence-electron chi connectivity index (χ1n) is 8.80. The molecular formula is C17H35N3. The molecule has 0 bridgehead atoms. The Kier molecular flexibility index (Phi) is 6.79. The molecule has 2 aliphatic rings. The molecule has 3 nitrogen and oxygen atoms in total. The highest BCUT2D eigenvalue weighted by Crippen LogP contribution is 2.29. The molecule has 2 fully saturated rings. The molecule has 3 heteroatoms. The van der Waals surface area contributed by atoms with Crippen molar-refractivity contribution in [3.63, 3.8) is 0 Å². The van der Waals surface area contributed by atoms with Gasteiger partial charge in [0.25, 0.3) is 0 Å². The molecule has 2 rings (SSSR count). The Hall–Kier alpha value is -0.120. The normalized spacial score (nSPS) is 28.8. The van der Waals surface area contributed by atoms with Crippen molar-refractivity contribution < 1.29 is 0 Å². The third-order valence-corrected chi connectivity index (χ3v) is 5.06. The Morgan fingerprint density at radius 1 is 1.15 bits per heavy atom. The van der Waals surface area contributed by atoms with E-state index < -0.39 is 0 Å². The Bertz CT molecular complexity index is 267. The number of piperidine rings is 2. The molecule has 0 aromatic carbocycles. The van der Waals surface area contributed by atoms with E-state index in [2.05, 4.69) is 36.0 Å². The van der Waals surface area contributed by atoms with Crippen LogP contribution < -0.4 is 5.32 Å². The number of hydrogen-bond acceptors (Lipinski definition) is 3. The van der Waals surface area contributed by atoms with Crippen molar-refractivity contribution >= 4 is 0 Å². The van der Waals surface area contributed by atoms with Crippen LogP contribution in [0, 0.1) is 11.8 Å². The van der Waals surface area contributed by atoms with Crippen molar-refractivity contribution in [2.24, 2.45) is 11.8 Å². The zero-order valence-corrected chi connectivity index (χ0v) is 13.9. The van der Waals surface area contributed by atoms with Crippen molar-refractivity contribution in [3.05, 3.63) is 0 Å². The molecule has 0 saturated carbocycles. The van der Waals surface area contributed by atoms with Crippen LogP contribution in [0.15, 0.2) is 0 Å². The highest BCUT2D eigenvalue weighted by molar-refractivity contribution is 4.89. The molecule has 2 heterocycles. The lowest BCUT2D eigenvalue weighted by atomic mass is 9.84. The van der Waals surface area contributed by atoms with Crippen molar-refractivity contribution in [1.29, 1.82) is 0 Å². The van der Waals surface area contributed by atoms with Crippen molar-refractivity contribution in [1.82, 2.24) is 15.1 Å². The van der Waals surface area contributed by atoms with Gasteiger partial charge in [-0.15, -0.1) is 0 Å². The average Bonchev–Trinajstić information content (AvgIpc) is 2.42. The smallest absolute Gasteiger partial charge is 0.0145 e. The van der Waals surface area contributed by atoms with Gasteiger partial charge in [0.15, 0.2) is 0 Å². The number of likely N-dealkylation sites (tertiary alicyclic amines) is 2. The van der Waals surface area contributed by atoms with Gasteiger partial charge in [0.05, 0.1) is 0 Å². The topological polar surface area (TPSA) is 18.5 Å². The molecule has 2 unspecified atom stereocenters. The van der Waals surface area contributed by atoms with E-state index in [9.17, 15) is 0 Å². The number of rotatable bonds is 7. The van der Waals surface area contributed by atoms with Crippen LogP contribution in [0.3, 0.4) is 0 Å². The predicted molar refractivity (Wildman–Crippen MR) is 87.1 cm³/mol. The van der Waals surface area contributed by atoms with Crippen LogP contribution in [0.4, 0.5) is 0 Å². The molecule has 0 spiro atoms. The van der Waals surface area contributed by atoms with Gasteiger partial charge in [-0.2, -0.15) is 0 Å². The molecule has 2 aliphatic heterocycles. The van der Waals surface area contributed by atoms with Gasteiger partial charge in [0.2, 0.25) is 0 Å². The first-order chi connectivity index (χ1) is 9.66. The van der Waals surface area contributed by atoms with Crippen LogP contribution in [-0.2, 0) is 0 Å². The van der Waals surface area contributed by atoms with Gasteiger partial charge in [0.1, 0.15) is 0 Å². The van der Waals surface area contributed by atoms with Gasteiger partial charge in [-0.05, 0) is 83.7 Å². The summed E-state index contributed by atoms with van der Waals surface area (Å²) >= 11 is 0. The molecule has 0 amide bonds. The van der Waals surface area contributed by atoms with Crippen LogP contribution in [0.5, 0.6) is 0 Å². The summed E-state index contributed by atoms with van der Waals surface area (Å²) in [6.45, 7) is 12.2. The van der Waals surface area contributed by atoms with Crippen LogP contribution in [0.1, 0.15) is 46.0 Å². The van der Waals surface area contributed by atoms with Crippen LogP contribution >= 0.6 is 0 Å². The molecule has 0 aromatic rings. The minimum absolute atomic E-state index is 0.775. The molecular weight excluding hydrogens is 246 g/mol. The molecule has 1 N–H and O–H groups in total. The molecule has 118 valence electrons. The lowest BCUT2D eigenvalue weighted by molar-refractivity contribution is 0.0381.